The molecule has 0 saturated heterocycles. The molecule has 0 radical (unpaired) electrons. The van der Waals surface area contributed by atoms with Crippen molar-refractivity contribution in [2.24, 2.45) is 0 Å². The summed E-state index contributed by atoms with van der Waals surface area (Å²) in [4.78, 5) is 20.8. The summed E-state index contributed by atoms with van der Waals surface area (Å²) >= 11 is 11.6. The predicted octanol–water partition coefficient (Wildman–Crippen LogP) is 3.94. The van der Waals surface area contributed by atoms with Crippen LogP contribution in [0.3, 0.4) is 0 Å². The molecule has 0 fully saturated rings. The topological polar surface area (TPSA) is 108 Å². The molecule has 3 rings (SSSR count). The maximum Gasteiger partial charge on any atom is 0.573 e. The fourth-order valence-electron chi connectivity index (χ4n) is 2.51. The Labute approximate surface area is 177 Å². The van der Waals surface area contributed by atoms with Gasteiger partial charge in [-0.2, -0.15) is 9.67 Å². The van der Waals surface area contributed by atoms with Gasteiger partial charge in [-0.3, -0.25) is 4.79 Å². The maximum absolute atomic E-state index is 12.6. The second-order valence-corrected chi connectivity index (χ2v) is 6.87. The number of alkyl halides is 3. The fraction of sp³-hybridized carbons (Fsp3) is 0.176. The number of pyridine rings is 1. The molecule has 8 nitrogen and oxygen atoms in total. The number of halogens is 5. The number of nitrogens with zero attached hydrogens (tertiary/aromatic N) is 4. The van der Waals surface area contributed by atoms with Crippen molar-refractivity contribution < 1.29 is 22.7 Å². The highest BCUT2D eigenvalue weighted by atomic mass is 35.5. The monoisotopic (exact) mass is 460 g/mol. The van der Waals surface area contributed by atoms with Crippen molar-refractivity contribution in [2.75, 3.05) is 5.73 Å². The molecule has 2 heterocycles. The number of aromatic nitrogens is 4. The summed E-state index contributed by atoms with van der Waals surface area (Å²) < 4.78 is 42.5. The minimum absolute atomic E-state index is 0.0635. The molecule has 3 N–H and O–H groups in total. The Morgan fingerprint density at radius 2 is 1.97 bits per heavy atom. The summed E-state index contributed by atoms with van der Waals surface area (Å²) in [5, 5.41) is 6.94. The Morgan fingerprint density at radius 1 is 1.23 bits per heavy atom. The van der Waals surface area contributed by atoms with E-state index in [0.717, 1.165) is 12.1 Å². The highest BCUT2D eigenvalue weighted by Gasteiger charge is 2.31. The van der Waals surface area contributed by atoms with Gasteiger partial charge in [-0.25, -0.2) is 4.98 Å². The third kappa shape index (κ3) is 5.30. The third-order valence-corrected chi connectivity index (χ3v) is 4.12. The molecule has 0 aliphatic carbocycles. The van der Waals surface area contributed by atoms with Crippen molar-refractivity contribution in [1.82, 2.24) is 25.1 Å². The van der Waals surface area contributed by atoms with Crippen LogP contribution in [0.15, 0.2) is 36.5 Å². The largest absolute Gasteiger partial charge is 0.573 e. The zero-order chi connectivity index (χ0) is 22.1. The van der Waals surface area contributed by atoms with Crippen LogP contribution in [0.25, 0.3) is 5.82 Å². The number of hydrogen-bond donors (Lipinski definition) is 2. The number of nitrogen functional groups attached to an aromatic ring is 1. The SMILES string of the molecule is C[C@H](NC(=O)c1cc(Cl)cc(OC(F)(F)F)c1)c1nc(N)nn1-c1ccc(Cl)cn1. The second-order valence-electron chi connectivity index (χ2n) is 5.99. The van der Waals surface area contributed by atoms with E-state index in [1.807, 2.05) is 0 Å². The first-order valence-corrected chi connectivity index (χ1v) is 8.99. The lowest BCUT2D eigenvalue weighted by molar-refractivity contribution is -0.274. The van der Waals surface area contributed by atoms with Crippen LogP contribution >= 0.6 is 23.2 Å². The Kier molecular flexibility index (Phi) is 6.04. The summed E-state index contributed by atoms with van der Waals surface area (Å²) in [5.74, 6) is -0.806. The van der Waals surface area contributed by atoms with Gasteiger partial charge in [0, 0.05) is 16.8 Å². The van der Waals surface area contributed by atoms with Crippen molar-refractivity contribution in [2.45, 2.75) is 19.3 Å². The van der Waals surface area contributed by atoms with Gasteiger partial charge in [0.2, 0.25) is 5.95 Å². The summed E-state index contributed by atoms with van der Waals surface area (Å²) in [6.07, 6.45) is -3.53. The zero-order valence-electron chi connectivity index (χ0n) is 15.1. The smallest absolute Gasteiger partial charge is 0.406 e. The molecule has 30 heavy (non-hydrogen) atoms. The Balaban J connectivity index is 1.84. The average Bonchev–Trinajstić information content (AvgIpc) is 3.02. The molecule has 0 bridgehead atoms. The Morgan fingerprint density at radius 3 is 2.60 bits per heavy atom. The standard InChI is InChI=1S/C17H13Cl2F3N6O2/c1-8(14-26-16(23)27-28(14)13-3-2-10(18)7-24-13)25-15(29)9-4-11(19)6-12(5-9)30-17(20,21)22/h2-8H,1H3,(H2,23,27)(H,25,29)/t8-/m0/s1. The van der Waals surface area contributed by atoms with E-state index >= 15 is 0 Å². The van der Waals surface area contributed by atoms with E-state index in [1.54, 1.807) is 19.1 Å². The van der Waals surface area contributed by atoms with E-state index in [2.05, 4.69) is 25.1 Å². The number of nitrogens with one attached hydrogen (secondary N) is 1. The first-order valence-electron chi connectivity index (χ1n) is 8.23. The van der Waals surface area contributed by atoms with Crippen LogP contribution in [0.4, 0.5) is 19.1 Å². The van der Waals surface area contributed by atoms with E-state index in [-0.39, 0.29) is 22.4 Å². The van der Waals surface area contributed by atoms with E-state index in [9.17, 15) is 18.0 Å². The van der Waals surface area contributed by atoms with Crippen molar-refractivity contribution in [3.8, 4) is 11.6 Å². The summed E-state index contributed by atoms with van der Waals surface area (Å²) in [7, 11) is 0. The molecule has 0 aliphatic heterocycles. The number of hydrogen-bond acceptors (Lipinski definition) is 6. The van der Waals surface area contributed by atoms with Crippen LogP contribution in [-0.2, 0) is 0 Å². The van der Waals surface area contributed by atoms with Crippen LogP contribution in [-0.4, -0.2) is 32.0 Å². The quantitative estimate of drug-likeness (QED) is 0.596. The summed E-state index contributed by atoms with van der Waals surface area (Å²) in [5.41, 5.74) is 5.53. The number of rotatable bonds is 5. The lowest BCUT2D eigenvalue weighted by Gasteiger charge is -2.15. The van der Waals surface area contributed by atoms with Gasteiger partial charge in [0.1, 0.15) is 5.75 Å². The number of anilines is 1. The van der Waals surface area contributed by atoms with E-state index in [4.69, 9.17) is 28.9 Å². The molecule has 3 aromatic rings. The predicted molar refractivity (Wildman–Crippen MR) is 103 cm³/mol. The minimum atomic E-state index is -4.93. The lowest BCUT2D eigenvalue weighted by Crippen LogP contribution is -2.29. The maximum atomic E-state index is 12.6. The highest BCUT2D eigenvalue weighted by Crippen LogP contribution is 2.27. The molecule has 0 spiro atoms. The van der Waals surface area contributed by atoms with Crippen molar-refractivity contribution in [3.63, 3.8) is 0 Å². The molecule has 2 aromatic heterocycles. The van der Waals surface area contributed by atoms with Crippen molar-refractivity contribution in [1.29, 1.82) is 0 Å². The number of ether oxygens (including phenoxy) is 1. The van der Waals surface area contributed by atoms with Gasteiger partial charge in [0.25, 0.3) is 5.91 Å². The average molecular weight is 461 g/mol. The molecule has 0 saturated carbocycles. The third-order valence-electron chi connectivity index (χ3n) is 3.68. The van der Waals surface area contributed by atoms with Crippen LogP contribution < -0.4 is 15.8 Å². The Hall–Kier alpha value is -3.05. The molecule has 13 heteroatoms. The molecule has 1 aromatic carbocycles. The van der Waals surface area contributed by atoms with Crippen molar-refractivity contribution in [3.05, 3.63) is 58.0 Å². The molecular weight excluding hydrogens is 448 g/mol. The van der Waals surface area contributed by atoms with E-state index in [0.29, 0.717) is 10.8 Å². The van der Waals surface area contributed by atoms with Crippen LogP contribution in [0.5, 0.6) is 5.75 Å². The summed E-state index contributed by atoms with van der Waals surface area (Å²) in [6.45, 7) is 1.59. The van der Waals surface area contributed by atoms with Crippen LogP contribution in [0.1, 0.15) is 29.1 Å². The normalized spacial score (nSPS) is 12.5. The van der Waals surface area contributed by atoms with Gasteiger partial charge in [0.15, 0.2) is 11.6 Å². The number of carbonyl (C=O) groups excluding carboxylic acids is 1. The number of nitrogens with two attached hydrogens (primary N) is 1. The molecular formula is C17H13Cl2F3N6O2. The number of benzene rings is 1. The van der Waals surface area contributed by atoms with E-state index in [1.165, 1.54) is 16.9 Å². The number of carbonyl (C=O) groups is 1. The highest BCUT2D eigenvalue weighted by molar-refractivity contribution is 6.31. The van der Waals surface area contributed by atoms with Gasteiger partial charge in [-0.1, -0.05) is 23.2 Å². The van der Waals surface area contributed by atoms with Gasteiger partial charge < -0.3 is 15.8 Å². The van der Waals surface area contributed by atoms with Crippen LogP contribution in [0.2, 0.25) is 10.0 Å². The number of amides is 1. The van der Waals surface area contributed by atoms with Gasteiger partial charge >= 0.3 is 6.36 Å². The van der Waals surface area contributed by atoms with E-state index < -0.39 is 24.1 Å². The van der Waals surface area contributed by atoms with Gasteiger partial charge in [0.05, 0.1) is 11.1 Å². The molecule has 1 amide bonds. The minimum Gasteiger partial charge on any atom is -0.406 e. The first-order chi connectivity index (χ1) is 14.0. The van der Waals surface area contributed by atoms with Gasteiger partial charge in [-0.15, -0.1) is 18.3 Å². The fourth-order valence-corrected chi connectivity index (χ4v) is 2.85. The zero-order valence-corrected chi connectivity index (χ0v) is 16.6. The van der Waals surface area contributed by atoms with Crippen molar-refractivity contribution >= 4 is 35.1 Å². The second kappa shape index (κ2) is 8.36. The lowest BCUT2D eigenvalue weighted by atomic mass is 10.2. The van der Waals surface area contributed by atoms with Crippen LogP contribution in [0, 0.1) is 0 Å². The summed E-state index contributed by atoms with van der Waals surface area (Å²) in [6, 6.07) is 5.48. The molecule has 1 atom stereocenters. The first kappa shape index (κ1) is 21.7. The molecule has 0 unspecified atom stereocenters. The molecule has 0 aliphatic rings. The molecule has 158 valence electrons. The van der Waals surface area contributed by atoms with Gasteiger partial charge in [-0.05, 0) is 37.3 Å². The Bertz CT molecular complexity index is 1070.